The first-order valence-corrected chi connectivity index (χ1v) is 8.12. The second kappa shape index (κ2) is 5.43. The minimum Gasteiger partial charge on any atom is -0.550 e. The lowest BCUT2D eigenvalue weighted by Crippen LogP contribution is -2.51. The summed E-state index contributed by atoms with van der Waals surface area (Å²) in [5.74, 6) is -1.12. The highest BCUT2D eigenvalue weighted by Gasteiger charge is 2.54. The molecule has 4 nitrogen and oxygen atoms in total. The lowest BCUT2D eigenvalue weighted by atomic mass is 9.84. The number of halogens is 2. The number of carbonyl (C=O) groups is 1. The zero-order chi connectivity index (χ0) is 17.8. The predicted molar refractivity (Wildman–Crippen MR) is 88.9 cm³/mol. The smallest absolute Gasteiger partial charge is 0.550 e. The van der Waals surface area contributed by atoms with Crippen molar-refractivity contribution in [3.8, 4) is 0 Å². The summed E-state index contributed by atoms with van der Waals surface area (Å²) in [5, 5.41) is 10.7. The molecule has 0 atom stereocenters. The monoisotopic (exact) mass is 334 g/mol. The number of carboxylic acid groups (broad SMARTS) is 1. The van der Waals surface area contributed by atoms with Crippen molar-refractivity contribution in [1.82, 2.24) is 4.48 Å². The van der Waals surface area contributed by atoms with Crippen LogP contribution in [-0.2, 0) is 4.79 Å². The quantitative estimate of drug-likeness (QED) is 0.795. The van der Waals surface area contributed by atoms with Crippen LogP contribution in [0.4, 0.5) is 8.63 Å². The van der Waals surface area contributed by atoms with Crippen molar-refractivity contribution in [1.29, 1.82) is 0 Å². The van der Waals surface area contributed by atoms with E-state index in [9.17, 15) is 9.90 Å². The van der Waals surface area contributed by atoms with Gasteiger partial charge in [0.25, 0.3) is 0 Å². The Morgan fingerprint density at radius 3 is 2.62 bits per heavy atom. The Hall–Kier alpha value is -2.18. The molecule has 2 aliphatic heterocycles. The number of aryl methyl sites for hydroxylation is 2. The molecule has 1 aromatic rings. The number of aliphatic carboxylic acids is 1. The third-order valence-electron chi connectivity index (χ3n) is 4.84. The van der Waals surface area contributed by atoms with Crippen molar-refractivity contribution in [3.05, 3.63) is 40.4 Å². The molecular weight excluding hydrogens is 313 g/mol. The van der Waals surface area contributed by atoms with Crippen molar-refractivity contribution in [2.75, 3.05) is 0 Å². The van der Waals surface area contributed by atoms with E-state index in [0.717, 1.165) is 25.7 Å². The van der Waals surface area contributed by atoms with Crippen LogP contribution in [-0.4, -0.2) is 27.6 Å². The van der Waals surface area contributed by atoms with Crippen molar-refractivity contribution in [3.63, 3.8) is 0 Å². The number of hydrogen-bond donors (Lipinski definition) is 0. The molecule has 0 aliphatic carbocycles. The normalized spacial score (nSPS) is 18.7. The summed E-state index contributed by atoms with van der Waals surface area (Å²) in [6.45, 7) is 3.06. The Morgan fingerprint density at radius 2 is 2.00 bits per heavy atom. The fraction of sp³-hybridized carbons (Fsp3) is 0.412. The third kappa shape index (κ3) is 2.25. The van der Waals surface area contributed by atoms with Crippen LogP contribution in [0.1, 0.15) is 51.5 Å². The number of allylic oxidation sites excluding steroid dienone is 3. The van der Waals surface area contributed by atoms with E-state index in [0.29, 0.717) is 35.6 Å². The number of aromatic nitrogens is 1. The number of nitrogens with zero attached hydrogens (tertiary/aromatic N) is 2. The molecular formula is C17H21BF2N2O2. The summed E-state index contributed by atoms with van der Waals surface area (Å²) in [6, 6.07) is 1.76. The van der Waals surface area contributed by atoms with Crippen LogP contribution in [0, 0.1) is 13.8 Å². The van der Waals surface area contributed by atoms with Crippen LogP contribution in [0.15, 0.2) is 23.4 Å². The summed E-state index contributed by atoms with van der Waals surface area (Å²) in [5.41, 5.74) is 4.47. The molecule has 3 heterocycles. The molecule has 0 saturated carbocycles. The summed E-state index contributed by atoms with van der Waals surface area (Å²) in [4.78, 5) is 10.7. The number of rotatable bonds is 4. The second-order valence-electron chi connectivity index (χ2n) is 6.67. The SMILES string of the molecule is CC1=CC(C)=[N+]2C1=C(CCCC(=O)[O-])c1c(C)cc(C)n1[B-]2(F)F.[H+]. The van der Waals surface area contributed by atoms with Gasteiger partial charge in [0, 0.05) is 35.8 Å². The Bertz CT molecular complexity index is 853. The van der Waals surface area contributed by atoms with Gasteiger partial charge in [-0.15, -0.1) is 0 Å². The maximum atomic E-state index is 15.2. The fourth-order valence-electron chi connectivity index (χ4n) is 4.08. The number of carboxylic acids is 1. The van der Waals surface area contributed by atoms with E-state index in [1.165, 1.54) is 0 Å². The summed E-state index contributed by atoms with van der Waals surface area (Å²) in [7, 11) is 0. The second-order valence-corrected chi connectivity index (χ2v) is 6.67. The largest absolute Gasteiger partial charge is 1.00 e. The van der Waals surface area contributed by atoms with Gasteiger partial charge in [0.2, 0.25) is 0 Å². The molecule has 128 valence electrons. The van der Waals surface area contributed by atoms with Crippen LogP contribution >= 0.6 is 0 Å². The molecule has 2 aliphatic rings. The molecule has 0 N–H and O–H groups in total. The minimum absolute atomic E-state index is 0. The highest BCUT2D eigenvalue weighted by molar-refractivity contribution is 6.58. The van der Waals surface area contributed by atoms with Gasteiger partial charge in [-0.25, -0.2) is 0 Å². The average Bonchev–Trinajstić information content (AvgIpc) is 2.91. The maximum Gasteiger partial charge on any atom is 1.00 e. The van der Waals surface area contributed by atoms with Gasteiger partial charge >= 0.3 is 8.40 Å². The molecule has 0 aromatic carbocycles. The zero-order valence-electron chi connectivity index (χ0n) is 15.3. The highest BCUT2D eigenvalue weighted by atomic mass is 19.2. The highest BCUT2D eigenvalue weighted by Crippen LogP contribution is 2.43. The first kappa shape index (κ1) is 16.7. The van der Waals surface area contributed by atoms with Crippen LogP contribution in [0.2, 0.25) is 0 Å². The van der Waals surface area contributed by atoms with Gasteiger partial charge < -0.3 is 27.5 Å². The van der Waals surface area contributed by atoms with E-state index in [1.54, 1.807) is 26.0 Å². The Kier molecular flexibility index (Phi) is 3.77. The standard InChI is InChI=1S/C17H21BF2N2O2/c1-10-8-12(3)21-16(10)14(6-5-7-15(23)24)17-11(2)9-13(4)22(17)18(21,19)20/h8-9H,5-7H2,1-4H3,(H,23,24). The summed E-state index contributed by atoms with van der Waals surface area (Å²) >= 11 is 0. The molecule has 0 unspecified atom stereocenters. The molecule has 0 fully saturated rings. The van der Waals surface area contributed by atoms with Crippen LogP contribution in [0.5, 0.6) is 0 Å². The van der Waals surface area contributed by atoms with Crippen LogP contribution < -0.4 is 5.11 Å². The molecule has 7 heteroatoms. The molecule has 0 saturated heterocycles. The van der Waals surface area contributed by atoms with Crippen LogP contribution in [0.3, 0.4) is 0 Å². The topological polar surface area (TPSA) is 48.1 Å². The Balaban J connectivity index is 0.00000225. The van der Waals surface area contributed by atoms with E-state index >= 15 is 8.63 Å². The van der Waals surface area contributed by atoms with E-state index in [4.69, 9.17) is 0 Å². The van der Waals surface area contributed by atoms with Crippen LogP contribution in [0.25, 0.3) is 5.57 Å². The van der Waals surface area contributed by atoms with Gasteiger partial charge in [-0.3, -0.25) is 0 Å². The summed E-state index contributed by atoms with van der Waals surface area (Å²) < 4.78 is 32.7. The minimum atomic E-state index is -3.95. The summed E-state index contributed by atoms with van der Waals surface area (Å²) in [6.07, 6.45) is 2.47. The average molecular weight is 334 g/mol. The van der Waals surface area contributed by atoms with Gasteiger partial charge in [0.05, 0.1) is 0 Å². The molecule has 0 bridgehead atoms. The van der Waals surface area contributed by atoms with Gasteiger partial charge in [-0.2, -0.15) is 0 Å². The van der Waals surface area contributed by atoms with E-state index in [1.807, 2.05) is 13.8 Å². The number of fused-ring (bicyclic) bond motifs is 2. The zero-order valence-corrected chi connectivity index (χ0v) is 14.3. The molecule has 24 heavy (non-hydrogen) atoms. The fourth-order valence-corrected chi connectivity index (χ4v) is 4.08. The Morgan fingerprint density at radius 1 is 1.33 bits per heavy atom. The van der Waals surface area contributed by atoms with Gasteiger partial charge in [0.15, 0.2) is 5.70 Å². The number of hydrogen-bond acceptors (Lipinski definition) is 2. The lowest BCUT2D eigenvalue weighted by Gasteiger charge is -2.34. The molecule has 0 spiro atoms. The van der Waals surface area contributed by atoms with Gasteiger partial charge in [-0.05, 0) is 57.4 Å². The first-order valence-electron chi connectivity index (χ1n) is 8.12. The molecule has 0 radical (unpaired) electrons. The molecule has 0 amide bonds. The van der Waals surface area contributed by atoms with E-state index < -0.39 is 12.9 Å². The van der Waals surface area contributed by atoms with Crippen molar-refractivity contribution in [2.24, 2.45) is 0 Å². The van der Waals surface area contributed by atoms with E-state index in [-0.39, 0.29) is 7.85 Å². The van der Waals surface area contributed by atoms with Crippen molar-refractivity contribution >= 4 is 24.2 Å². The van der Waals surface area contributed by atoms with Gasteiger partial charge in [0.1, 0.15) is 5.71 Å². The Labute approximate surface area is 141 Å². The lowest BCUT2D eigenvalue weighted by molar-refractivity contribution is -0.363. The first-order chi connectivity index (χ1) is 11.2. The predicted octanol–water partition coefficient (Wildman–Crippen LogP) is 2.52. The maximum absolute atomic E-state index is 15.2. The molecule has 3 rings (SSSR count). The number of carbonyl (C=O) groups excluding carboxylic acids is 1. The third-order valence-corrected chi connectivity index (χ3v) is 4.84. The van der Waals surface area contributed by atoms with E-state index in [2.05, 4.69) is 0 Å². The van der Waals surface area contributed by atoms with Crippen molar-refractivity contribution < 1.29 is 24.4 Å². The van der Waals surface area contributed by atoms with Gasteiger partial charge in [-0.1, -0.05) is 0 Å². The van der Waals surface area contributed by atoms with Crippen molar-refractivity contribution in [2.45, 2.75) is 47.0 Å². The molecule has 1 aromatic heterocycles.